The van der Waals surface area contributed by atoms with Crippen molar-refractivity contribution < 1.29 is 0 Å². The highest BCUT2D eigenvalue weighted by Crippen LogP contribution is 2.48. The molecular formula is C24H19N3. The Morgan fingerprint density at radius 3 is 2.81 bits per heavy atom. The largest absolute Gasteiger partial charge is 0.312 e. The molecule has 1 aromatic heterocycles. The maximum Gasteiger partial charge on any atom is 0.156 e. The molecule has 27 heavy (non-hydrogen) atoms. The molecule has 2 aromatic carbocycles. The molecule has 0 radical (unpaired) electrons. The summed E-state index contributed by atoms with van der Waals surface area (Å²) < 4.78 is 0. The van der Waals surface area contributed by atoms with Crippen LogP contribution >= 0.6 is 0 Å². The normalized spacial score (nSPS) is 24.3. The van der Waals surface area contributed by atoms with Gasteiger partial charge in [-0.15, -0.1) is 0 Å². The monoisotopic (exact) mass is 349 g/mol. The predicted molar refractivity (Wildman–Crippen MR) is 111 cm³/mol. The third kappa shape index (κ3) is 1.86. The maximum absolute atomic E-state index is 5.12. The number of hydrogen-bond donors (Lipinski definition) is 0. The molecule has 0 saturated carbocycles. The van der Waals surface area contributed by atoms with E-state index in [2.05, 4.69) is 85.5 Å². The minimum atomic E-state index is -0.195. The molecule has 6 rings (SSSR count). The van der Waals surface area contributed by atoms with Crippen molar-refractivity contribution in [3.05, 3.63) is 84.1 Å². The van der Waals surface area contributed by atoms with Gasteiger partial charge in [0.2, 0.25) is 0 Å². The summed E-state index contributed by atoms with van der Waals surface area (Å²) in [7, 11) is 0. The van der Waals surface area contributed by atoms with Crippen molar-refractivity contribution in [1.29, 1.82) is 0 Å². The number of anilines is 1. The van der Waals surface area contributed by atoms with Crippen LogP contribution in [-0.4, -0.2) is 22.4 Å². The van der Waals surface area contributed by atoms with E-state index in [4.69, 9.17) is 9.98 Å². The van der Waals surface area contributed by atoms with Gasteiger partial charge in [-0.05, 0) is 38.1 Å². The Bertz CT molecular complexity index is 1220. The van der Waals surface area contributed by atoms with Crippen LogP contribution in [0.15, 0.2) is 77.8 Å². The summed E-state index contributed by atoms with van der Waals surface area (Å²) in [5, 5.41) is 1.17. The first kappa shape index (κ1) is 14.9. The van der Waals surface area contributed by atoms with Crippen molar-refractivity contribution in [2.75, 3.05) is 4.90 Å². The molecule has 2 aliphatic heterocycles. The van der Waals surface area contributed by atoms with Gasteiger partial charge in [-0.1, -0.05) is 54.1 Å². The number of aromatic nitrogens is 1. The van der Waals surface area contributed by atoms with Crippen LogP contribution in [0.1, 0.15) is 18.2 Å². The van der Waals surface area contributed by atoms with E-state index in [1.165, 1.54) is 27.8 Å². The van der Waals surface area contributed by atoms with Gasteiger partial charge in [0, 0.05) is 16.5 Å². The molecule has 2 atom stereocenters. The van der Waals surface area contributed by atoms with Crippen molar-refractivity contribution in [2.45, 2.75) is 25.4 Å². The molecule has 1 aliphatic carbocycles. The van der Waals surface area contributed by atoms with Crippen LogP contribution in [0.5, 0.6) is 0 Å². The molecule has 0 fully saturated rings. The quantitative estimate of drug-likeness (QED) is 0.568. The van der Waals surface area contributed by atoms with Gasteiger partial charge in [0.1, 0.15) is 5.69 Å². The number of hydrogen-bond acceptors (Lipinski definition) is 3. The highest BCUT2D eigenvalue weighted by Gasteiger charge is 2.49. The standard InChI is InChI=1S/C24H19N3/c1-15-10-11-20-17(13-15)18-14-16-7-3-4-8-19(16)25-22(18)23-26-21-9-5-6-12-24(21,2)27(20)23/h3-14,21H,1-2H3. The van der Waals surface area contributed by atoms with Gasteiger partial charge in [-0.2, -0.15) is 0 Å². The number of allylic oxidation sites excluding steroid dienone is 2. The summed E-state index contributed by atoms with van der Waals surface area (Å²) in [5.74, 6) is 0.982. The first-order chi connectivity index (χ1) is 13.1. The van der Waals surface area contributed by atoms with E-state index in [9.17, 15) is 0 Å². The third-order valence-corrected chi connectivity index (χ3v) is 6.01. The number of nitrogens with zero attached hydrogens (tertiary/aromatic N) is 3. The first-order valence-electron chi connectivity index (χ1n) is 9.40. The fraction of sp³-hybridized carbons (Fsp3) is 0.167. The zero-order valence-electron chi connectivity index (χ0n) is 15.3. The fourth-order valence-electron chi connectivity index (χ4n) is 4.60. The fourth-order valence-corrected chi connectivity index (χ4v) is 4.60. The molecule has 3 heteroatoms. The summed E-state index contributed by atoms with van der Waals surface area (Å²) in [6.45, 7) is 4.42. The van der Waals surface area contributed by atoms with Crippen LogP contribution < -0.4 is 4.90 Å². The zero-order valence-corrected chi connectivity index (χ0v) is 15.3. The van der Waals surface area contributed by atoms with E-state index in [0.29, 0.717) is 0 Å². The van der Waals surface area contributed by atoms with Crippen molar-refractivity contribution in [1.82, 2.24) is 4.98 Å². The molecule has 2 unspecified atom stereocenters. The molecule has 3 nitrogen and oxygen atoms in total. The van der Waals surface area contributed by atoms with Crippen LogP contribution in [0, 0.1) is 6.92 Å². The number of para-hydroxylation sites is 1. The molecular weight excluding hydrogens is 330 g/mol. The lowest BCUT2D eigenvalue weighted by atomic mass is 9.85. The second-order valence-corrected chi connectivity index (χ2v) is 7.80. The SMILES string of the molecule is Cc1ccc2c(c1)-c1cc3ccccc3nc1C1=NC3C=CC=CC3(C)N12. The minimum absolute atomic E-state index is 0.103. The second-order valence-electron chi connectivity index (χ2n) is 7.80. The molecule has 0 bridgehead atoms. The number of pyridine rings is 1. The molecule has 0 amide bonds. The van der Waals surface area contributed by atoms with Gasteiger partial charge in [0.25, 0.3) is 0 Å². The highest BCUT2D eigenvalue weighted by atomic mass is 15.3. The lowest BCUT2D eigenvalue weighted by Gasteiger charge is -2.41. The number of amidine groups is 1. The third-order valence-electron chi connectivity index (χ3n) is 6.01. The Morgan fingerprint density at radius 1 is 1.00 bits per heavy atom. The molecule has 3 heterocycles. The number of fused-ring (bicyclic) bond motifs is 9. The van der Waals surface area contributed by atoms with Crippen LogP contribution in [0.4, 0.5) is 5.69 Å². The van der Waals surface area contributed by atoms with Crippen LogP contribution in [-0.2, 0) is 0 Å². The zero-order chi connectivity index (χ0) is 18.2. The number of rotatable bonds is 0. The summed E-state index contributed by atoms with van der Waals surface area (Å²) in [4.78, 5) is 12.6. The number of aryl methyl sites for hydroxylation is 1. The maximum atomic E-state index is 5.12. The predicted octanol–water partition coefficient (Wildman–Crippen LogP) is 5.04. The van der Waals surface area contributed by atoms with Gasteiger partial charge >= 0.3 is 0 Å². The van der Waals surface area contributed by atoms with E-state index < -0.39 is 0 Å². The Labute approximate surface area is 158 Å². The van der Waals surface area contributed by atoms with Gasteiger partial charge < -0.3 is 4.90 Å². The Morgan fingerprint density at radius 2 is 1.89 bits per heavy atom. The Kier molecular flexibility index (Phi) is 2.73. The smallest absolute Gasteiger partial charge is 0.156 e. The average molecular weight is 349 g/mol. The number of benzene rings is 2. The minimum Gasteiger partial charge on any atom is -0.312 e. The van der Waals surface area contributed by atoms with Crippen LogP contribution in [0.25, 0.3) is 22.0 Å². The average Bonchev–Trinajstić information content (AvgIpc) is 3.00. The van der Waals surface area contributed by atoms with E-state index in [0.717, 1.165) is 17.0 Å². The summed E-state index contributed by atoms with van der Waals surface area (Å²) in [6, 6.07) is 17.4. The van der Waals surface area contributed by atoms with E-state index in [1.54, 1.807) is 0 Å². The van der Waals surface area contributed by atoms with E-state index >= 15 is 0 Å². The molecule has 3 aliphatic rings. The lowest BCUT2D eigenvalue weighted by molar-refractivity contribution is 0.546. The topological polar surface area (TPSA) is 28.5 Å². The highest BCUT2D eigenvalue weighted by molar-refractivity contribution is 6.21. The van der Waals surface area contributed by atoms with Gasteiger partial charge in [-0.3, -0.25) is 4.99 Å². The van der Waals surface area contributed by atoms with E-state index in [1.807, 2.05) is 6.07 Å². The Balaban J connectivity index is 1.73. The van der Waals surface area contributed by atoms with Crippen LogP contribution in [0.3, 0.4) is 0 Å². The second kappa shape index (κ2) is 4.95. The summed E-state index contributed by atoms with van der Waals surface area (Å²) >= 11 is 0. The molecule has 0 spiro atoms. The van der Waals surface area contributed by atoms with Crippen LogP contribution in [0.2, 0.25) is 0 Å². The lowest BCUT2D eigenvalue weighted by Crippen LogP contribution is -2.51. The van der Waals surface area contributed by atoms with Gasteiger partial charge in [-0.25, -0.2) is 4.98 Å². The first-order valence-corrected chi connectivity index (χ1v) is 9.40. The van der Waals surface area contributed by atoms with Crippen molar-refractivity contribution in [2.24, 2.45) is 4.99 Å². The Hall–Kier alpha value is -3.20. The van der Waals surface area contributed by atoms with Crippen molar-refractivity contribution >= 4 is 22.4 Å². The molecule has 0 saturated heterocycles. The number of aliphatic imine (C=N–C) groups is 1. The van der Waals surface area contributed by atoms with Crippen molar-refractivity contribution in [3.8, 4) is 11.1 Å². The summed E-state index contributed by atoms with van der Waals surface area (Å²) in [5.41, 5.74) is 6.70. The van der Waals surface area contributed by atoms with Gasteiger partial charge in [0.15, 0.2) is 5.84 Å². The molecule has 130 valence electrons. The summed E-state index contributed by atoms with van der Waals surface area (Å²) in [6.07, 6.45) is 8.69. The van der Waals surface area contributed by atoms with Crippen molar-refractivity contribution in [3.63, 3.8) is 0 Å². The molecule has 3 aromatic rings. The van der Waals surface area contributed by atoms with E-state index in [-0.39, 0.29) is 11.6 Å². The molecule has 0 N–H and O–H groups in total. The van der Waals surface area contributed by atoms with Gasteiger partial charge in [0.05, 0.1) is 22.8 Å².